The van der Waals surface area contributed by atoms with E-state index in [1.165, 1.54) is 25.3 Å². The maximum Gasteiger partial charge on any atom is 0.339 e. The number of benzene rings is 2. The van der Waals surface area contributed by atoms with Crippen LogP contribution in [0.15, 0.2) is 53.4 Å². The van der Waals surface area contributed by atoms with Gasteiger partial charge in [-0.1, -0.05) is 41.9 Å². The lowest BCUT2D eigenvalue weighted by Gasteiger charge is -2.26. The summed E-state index contributed by atoms with van der Waals surface area (Å²) >= 11 is 5.94. The number of carbonyl (C=O) groups is 1. The van der Waals surface area contributed by atoms with Crippen LogP contribution in [0.3, 0.4) is 0 Å². The maximum atomic E-state index is 12.7. The molecule has 0 aliphatic rings. The summed E-state index contributed by atoms with van der Waals surface area (Å²) in [7, 11) is -2.63. The molecule has 2 aromatic carbocycles. The summed E-state index contributed by atoms with van der Waals surface area (Å²) in [5, 5.41) is 0.134. The van der Waals surface area contributed by atoms with Crippen LogP contribution in [0.5, 0.6) is 0 Å². The quantitative estimate of drug-likeness (QED) is 0.778. The Morgan fingerprint density at radius 1 is 1.16 bits per heavy atom. The SMILES string of the molecule is COC(=O)c1cc(S(=O)(=O)NC(C)(C)Cc2ccccc2)ccc1Cl. The van der Waals surface area contributed by atoms with Crippen LogP contribution in [-0.4, -0.2) is 27.0 Å². The minimum absolute atomic E-state index is 0.00732. The smallest absolute Gasteiger partial charge is 0.339 e. The van der Waals surface area contributed by atoms with E-state index < -0.39 is 21.5 Å². The van der Waals surface area contributed by atoms with Crippen molar-refractivity contribution in [1.29, 1.82) is 0 Å². The second-order valence-electron chi connectivity index (χ2n) is 6.28. The number of nitrogens with one attached hydrogen (secondary N) is 1. The van der Waals surface area contributed by atoms with E-state index >= 15 is 0 Å². The standard InChI is InChI=1S/C18H20ClNO4S/c1-18(2,12-13-7-5-4-6-8-13)20-25(22,23)14-9-10-16(19)15(11-14)17(21)24-3/h4-11,20H,12H2,1-3H3. The molecule has 2 rings (SSSR count). The van der Waals surface area contributed by atoms with Crippen LogP contribution in [0.2, 0.25) is 5.02 Å². The highest BCUT2D eigenvalue weighted by Gasteiger charge is 2.27. The van der Waals surface area contributed by atoms with Gasteiger partial charge in [0.05, 0.1) is 22.6 Å². The summed E-state index contributed by atoms with van der Waals surface area (Å²) in [5.41, 5.74) is 0.306. The van der Waals surface area contributed by atoms with Crippen molar-refractivity contribution in [2.75, 3.05) is 7.11 Å². The zero-order valence-corrected chi connectivity index (χ0v) is 15.8. The summed E-state index contributed by atoms with van der Waals surface area (Å²) in [6, 6.07) is 13.5. The molecule has 0 radical (unpaired) electrons. The van der Waals surface area contributed by atoms with Crippen molar-refractivity contribution in [2.45, 2.75) is 30.7 Å². The Balaban J connectivity index is 2.28. The van der Waals surface area contributed by atoms with Gasteiger partial charge in [0.15, 0.2) is 0 Å². The van der Waals surface area contributed by atoms with Gasteiger partial charge in [0.25, 0.3) is 0 Å². The zero-order valence-electron chi connectivity index (χ0n) is 14.2. The monoisotopic (exact) mass is 381 g/mol. The van der Waals surface area contributed by atoms with Crippen molar-refractivity contribution in [3.8, 4) is 0 Å². The molecule has 0 saturated carbocycles. The molecule has 0 amide bonds. The number of hydrogen-bond acceptors (Lipinski definition) is 4. The van der Waals surface area contributed by atoms with E-state index in [0.29, 0.717) is 6.42 Å². The first-order chi connectivity index (χ1) is 11.6. The van der Waals surface area contributed by atoms with E-state index in [1.807, 2.05) is 30.3 Å². The number of hydrogen-bond donors (Lipinski definition) is 1. The van der Waals surface area contributed by atoms with Crippen LogP contribution < -0.4 is 4.72 Å². The third kappa shape index (κ3) is 5.04. The highest BCUT2D eigenvalue weighted by atomic mass is 35.5. The molecule has 1 N–H and O–H groups in total. The van der Waals surface area contributed by atoms with Gasteiger partial charge in [-0.3, -0.25) is 0 Å². The molecule has 25 heavy (non-hydrogen) atoms. The normalized spacial score (nSPS) is 12.0. The predicted molar refractivity (Wildman–Crippen MR) is 97.3 cm³/mol. The Morgan fingerprint density at radius 3 is 2.40 bits per heavy atom. The molecule has 0 aliphatic carbocycles. The summed E-state index contributed by atoms with van der Waals surface area (Å²) in [5.74, 6) is -0.689. The average Bonchev–Trinajstić information content (AvgIpc) is 2.53. The van der Waals surface area contributed by atoms with Crippen LogP contribution >= 0.6 is 11.6 Å². The van der Waals surface area contributed by atoms with Crippen molar-refractivity contribution in [3.63, 3.8) is 0 Å². The largest absolute Gasteiger partial charge is 0.465 e. The van der Waals surface area contributed by atoms with Crippen LogP contribution in [0, 0.1) is 0 Å². The number of ether oxygens (including phenoxy) is 1. The van der Waals surface area contributed by atoms with Crippen molar-refractivity contribution >= 4 is 27.6 Å². The van der Waals surface area contributed by atoms with E-state index in [-0.39, 0.29) is 15.5 Å². The fraction of sp³-hybridized carbons (Fsp3) is 0.278. The number of carbonyl (C=O) groups excluding carboxylic acids is 1. The third-order valence-electron chi connectivity index (χ3n) is 3.55. The first-order valence-electron chi connectivity index (χ1n) is 7.60. The fourth-order valence-electron chi connectivity index (χ4n) is 2.50. The lowest BCUT2D eigenvalue weighted by atomic mass is 9.96. The molecule has 2 aromatic rings. The molecule has 0 saturated heterocycles. The van der Waals surface area contributed by atoms with Crippen molar-refractivity contribution < 1.29 is 17.9 Å². The molecule has 5 nitrogen and oxygen atoms in total. The molecule has 134 valence electrons. The van der Waals surface area contributed by atoms with Gasteiger partial charge >= 0.3 is 5.97 Å². The van der Waals surface area contributed by atoms with Gasteiger partial charge in [-0.15, -0.1) is 0 Å². The molecule has 0 bridgehead atoms. The van der Waals surface area contributed by atoms with E-state index in [1.54, 1.807) is 13.8 Å². The Kier molecular flexibility index (Phi) is 5.87. The second-order valence-corrected chi connectivity index (χ2v) is 8.37. The van der Waals surface area contributed by atoms with Crippen LogP contribution in [-0.2, 0) is 21.2 Å². The van der Waals surface area contributed by atoms with Gasteiger partial charge in [0.2, 0.25) is 10.0 Å². The highest BCUT2D eigenvalue weighted by Crippen LogP contribution is 2.23. The number of methoxy groups -OCH3 is 1. The number of halogens is 1. The molecular weight excluding hydrogens is 362 g/mol. The third-order valence-corrected chi connectivity index (χ3v) is 5.58. The van der Waals surface area contributed by atoms with Gasteiger partial charge < -0.3 is 4.74 Å². The number of sulfonamides is 1. The Labute approximate surface area is 153 Å². The first-order valence-corrected chi connectivity index (χ1v) is 9.46. The van der Waals surface area contributed by atoms with E-state index in [9.17, 15) is 13.2 Å². The summed E-state index contributed by atoms with van der Waals surface area (Å²) in [4.78, 5) is 11.7. The summed E-state index contributed by atoms with van der Waals surface area (Å²) in [6.45, 7) is 3.60. The minimum Gasteiger partial charge on any atom is -0.465 e. The molecule has 0 unspecified atom stereocenters. The van der Waals surface area contributed by atoms with Gasteiger partial charge in [-0.2, -0.15) is 0 Å². The number of esters is 1. The topological polar surface area (TPSA) is 72.5 Å². The minimum atomic E-state index is -3.84. The highest BCUT2D eigenvalue weighted by molar-refractivity contribution is 7.89. The van der Waals surface area contributed by atoms with Gasteiger partial charge in [-0.05, 0) is 44.0 Å². The van der Waals surface area contributed by atoms with Gasteiger partial charge in [0, 0.05) is 5.54 Å². The molecule has 0 heterocycles. The average molecular weight is 382 g/mol. The van der Waals surface area contributed by atoms with Crippen LogP contribution in [0.25, 0.3) is 0 Å². The van der Waals surface area contributed by atoms with E-state index in [0.717, 1.165) is 5.56 Å². The van der Waals surface area contributed by atoms with Gasteiger partial charge in [-0.25, -0.2) is 17.9 Å². The van der Waals surface area contributed by atoms with Gasteiger partial charge in [0.1, 0.15) is 0 Å². The van der Waals surface area contributed by atoms with Crippen molar-refractivity contribution in [2.24, 2.45) is 0 Å². The number of rotatable bonds is 6. The molecular formula is C18H20ClNO4S. The molecule has 0 fully saturated rings. The molecule has 7 heteroatoms. The Morgan fingerprint density at radius 2 is 1.80 bits per heavy atom. The summed E-state index contributed by atoms with van der Waals surface area (Å²) in [6.07, 6.45) is 0.518. The molecule has 0 atom stereocenters. The molecule has 0 aliphatic heterocycles. The predicted octanol–water partition coefficient (Wildman–Crippen LogP) is 3.43. The first kappa shape index (κ1) is 19.4. The van der Waals surface area contributed by atoms with E-state index in [4.69, 9.17) is 11.6 Å². The Hall–Kier alpha value is -1.89. The lowest BCUT2D eigenvalue weighted by Crippen LogP contribution is -2.45. The van der Waals surface area contributed by atoms with Crippen LogP contribution in [0.4, 0.5) is 0 Å². The zero-order chi connectivity index (χ0) is 18.7. The fourth-order valence-corrected chi connectivity index (χ4v) is 4.14. The van der Waals surface area contributed by atoms with E-state index in [2.05, 4.69) is 9.46 Å². The van der Waals surface area contributed by atoms with Crippen molar-refractivity contribution in [1.82, 2.24) is 4.72 Å². The molecule has 0 aromatic heterocycles. The lowest BCUT2D eigenvalue weighted by molar-refractivity contribution is 0.0600. The van der Waals surface area contributed by atoms with Crippen molar-refractivity contribution in [3.05, 3.63) is 64.7 Å². The maximum absolute atomic E-state index is 12.7. The second kappa shape index (κ2) is 7.56. The summed E-state index contributed by atoms with van der Waals surface area (Å²) < 4.78 is 32.7. The Bertz CT molecular complexity index is 864. The van der Waals surface area contributed by atoms with Crippen LogP contribution in [0.1, 0.15) is 29.8 Å². The molecule has 0 spiro atoms.